The molecule has 0 bridgehead atoms. The van der Waals surface area contributed by atoms with Gasteiger partial charge in [0.2, 0.25) is 0 Å². The van der Waals surface area contributed by atoms with Gasteiger partial charge in [-0.05, 0) is 37.1 Å². The molecule has 0 aliphatic carbocycles. The Hall–Kier alpha value is -1.96. The zero-order valence-corrected chi connectivity index (χ0v) is 10.1. The van der Waals surface area contributed by atoms with Gasteiger partial charge in [0.25, 0.3) is 0 Å². The molecule has 1 heterocycles. The quantitative estimate of drug-likeness (QED) is 0.751. The third-order valence-electron chi connectivity index (χ3n) is 2.92. The Balaban J connectivity index is 2.24. The van der Waals surface area contributed by atoms with E-state index in [-0.39, 0.29) is 5.78 Å². The molecule has 1 aromatic carbocycles. The highest BCUT2D eigenvalue weighted by Crippen LogP contribution is 2.13. The Morgan fingerprint density at radius 3 is 2.59 bits per heavy atom. The van der Waals surface area contributed by atoms with Gasteiger partial charge in [0, 0.05) is 23.9 Å². The molecule has 17 heavy (non-hydrogen) atoms. The van der Waals surface area contributed by atoms with Crippen molar-refractivity contribution in [2.75, 3.05) is 0 Å². The smallest absolute Gasteiger partial charge is 0.169 e. The third-order valence-corrected chi connectivity index (χ3v) is 2.92. The van der Waals surface area contributed by atoms with E-state index in [0.29, 0.717) is 6.42 Å². The van der Waals surface area contributed by atoms with Gasteiger partial charge >= 0.3 is 0 Å². The van der Waals surface area contributed by atoms with Crippen LogP contribution in [0.1, 0.15) is 27.2 Å². The summed E-state index contributed by atoms with van der Waals surface area (Å²) in [5, 5.41) is 0. The molecule has 2 nitrogen and oxygen atoms in total. The van der Waals surface area contributed by atoms with Gasteiger partial charge in [-0.25, -0.2) is 0 Å². The van der Waals surface area contributed by atoms with Crippen molar-refractivity contribution in [1.29, 1.82) is 0 Å². The van der Waals surface area contributed by atoms with Crippen LogP contribution >= 0.6 is 0 Å². The SMILES string of the molecule is Cc1ccccc1CC(=O)c1cccnc1C. The number of carbonyl (C=O) groups excluding carboxylic acids is 1. The average molecular weight is 225 g/mol. The van der Waals surface area contributed by atoms with Crippen molar-refractivity contribution in [3.05, 3.63) is 65.0 Å². The van der Waals surface area contributed by atoms with Crippen molar-refractivity contribution in [3.63, 3.8) is 0 Å². The fourth-order valence-electron chi connectivity index (χ4n) is 1.86. The van der Waals surface area contributed by atoms with E-state index in [9.17, 15) is 4.79 Å². The Labute approximate surface area is 101 Å². The van der Waals surface area contributed by atoms with E-state index in [4.69, 9.17) is 0 Å². The van der Waals surface area contributed by atoms with Crippen LogP contribution in [0.15, 0.2) is 42.6 Å². The van der Waals surface area contributed by atoms with Gasteiger partial charge in [-0.2, -0.15) is 0 Å². The Kier molecular flexibility index (Phi) is 3.33. The van der Waals surface area contributed by atoms with Crippen molar-refractivity contribution in [1.82, 2.24) is 4.98 Å². The van der Waals surface area contributed by atoms with Crippen LogP contribution in [-0.2, 0) is 6.42 Å². The number of hydrogen-bond acceptors (Lipinski definition) is 2. The zero-order valence-electron chi connectivity index (χ0n) is 10.1. The molecule has 0 spiro atoms. The normalized spacial score (nSPS) is 10.2. The number of hydrogen-bond donors (Lipinski definition) is 0. The van der Waals surface area contributed by atoms with Crippen molar-refractivity contribution >= 4 is 5.78 Å². The molecule has 2 aromatic rings. The lowest BCUT2D eigenvalue weighted by molar-refractivity contribution is 0.0992. The van der Waals surface area contributed by atoms with Gasteiger partial charge in [0.15, 0.2) is 5.78 Å². The molecular formula is C15H15NO. The van der Waals surface area contributed by atoms with Crippen molar-refractivity contribution in [3.8, 4) is 0 Å². The summed E-state index contributed by atoms with van der Waals surface area (Å²) >= 11 is 0. The van der Waals surface area contributed by atoms with E-state index in [0.717, 1.165) is 22.4 Å². The number of aryl methyl sites for hydroxylation is 2. The van der Waals surface area contributed by atoms with E-state index < -0.39 is 0 Å². The first kappa shape index (κ1) is 11.5. The van der Waals surface area contributed by atoms with Crippen LogP contribution in [0, 0.1) is 13.8 Å². The van der Waals surface area contributed by atoms with E-state index in [1.807, 2.05) is 44.2 Å². The van der Waals surface area contributed by atoms with Crippen LogP contribution in [0.4, 0.5) is 0 Å². The van der Waals surface area contributed by atoms with E-state index in [1.54, 1.807) is 12.3 Å². The number of Topliss-reactive ketones (excluding diaryl/α,β-unsaturated/α-hetero) is 1. The Morgan fingerprint density at radius 2 is 1.88 bits per heavy atom. The number of nitrogens with zero attached hydrogens (tertiary/aromatic N) is 1. The maximum absolute atomic E-state index is 12.1. The maximum atomic E-state index is 12.1. The zero-order chi connectivity index (χ0) is 12.3. The van der Waals surface area contributed by atoms with Crippen LogP contribution in [0.5, 0.6) is 0 Å². The summed E-state index contributed by atoms with van der Waals surface area (Å²) in [4.78, 5) is 16.3. The van der Waals surface area contributed by atoms with Gasteiger partial charge in [-0.1, -0.05) is 24.3 Å². The van der Waals surface area contributed by atoms with Crippen LogP contribution in [0.3, 0.4) is 0 Å². The topological polar surface area (TPSA) is 30.0 Å². The summed E-state index contributed by atoms with van der Waals surface area (Å²) in [6.45, 7) is 3.89. The highest BCUT2D eigenvalue weighted by molar-refractivity contribution is 5.98. The van der Waals surface area contributed by atoms with Gasteiger partial charge < -0.3 is 0 Å². The first-order chi connectivity index (χ1) is 8.18. The van der Waals surface area contributed by atoms with E-state index in [2.05, 4.69) is 4.98 Å². The second-order valence-corrected chi connectivity index (χ2v) is 4.16. The lowest BCUT2D eigenvalue weighted by atomic mass is 9.99. The standard InChI is InChI=1S/C15H15NO/c1-11-6-3-4-7-13(11)10-15(17)14-8-5-9-16-12(14)2/h3-9H,10H2,1-2H3. The molecule has 0 saturated carbocycles. The highest BCUT2D eigenvalue weighted by atomic mass is 16.1. The summed E-state index contributed by atoms with van der Waals surface area (Å²) in [7, 11) is 0. The third kappa shape index (κ3) is 2.59. The number of pyridine rings is 1. The lowest BCUT2D eigenvalue weighted by Gasteiger charge is -2.06. The molecular weight excluding hydrogens is 210 g/mol. The molecule has 0 radical (unpaired) electrons. The number of carbonyl (C=O) groups is 1. The fourth-order valence-corrected chi connectivity index (χ4v) is 1.86. The largest absolute Gasteiger partial charge is 0.294 e. The van der Waals surface area contributed by atoms with Crippen LogP contribution in [0.25, 0.3) is 0 Å². The molecule has 0 aliphatic heterocycles. The summed E-state index contributed by atoms with van der Waals surface area (Å²) < 4.78 is 0. The van der Waals surface area contributed by atoms with Crippen molar-refractivity contribution in [2.24, 2.45) is 0 Å². The summed E-state index contributed by atoms with van der Waals surface area (Å²) in [5.41, 5.74) is 3.75. The lowest BCUT2D eigenvalue weighted by Crippen LogP contribution is -2.07. The monoisotopic (exact) mass is 225 g/mol. The van der Waals surface area contributed by atoms with Gasteiger partial charge in [0.05, 0.1) is 0 Å². The van der Waals surface area contributed by atoms with Crippen LogP contribution in [-0.4, -0.2) is 10.8 Å². The molecule has 0 unspecified atom stereocenters. The minimum Gasteiger partial charge on any atom is -0.294 e. The molecule has 0 saturated heterocycles. The summed E-state index contributed by atoms with van der Waals surface area (Å²) in [6.07, 6.45) is 2.15. The summed E-state index contributed by atoms with van der Waals surface area (Å²) in [5.74, 6) is 0.130. The average Bonchev–Trinajstić information content (AvgIpc) is 2.32. The fraction of sp³-hybridized carbons (Fsp3) is 0.200. The molecule has 0 N–H and O–H groups in total. The van der Waals surface area contributed by atoms with Crippen molar-refractivity contribution in [2.45, 2.75) is 20.3 Å². The second-order valence-electron chi connectivity index (χ2n) is 4.16. The number of ketones is 1. The van der Waals surface area contributed by atoms with E-state index in [1.165, 1.54) is 0 Å². The Bertz CT molecular complexity index is 546. The van der Waals surface area contributed by atoms with Gasteiger partial charge in [-0.3, -0.25) is 9.78 Å². The first-order valence-corrected chi connectivity index (χ1v) is 5.68. The minimum atomic E-state index is 0.130. The minimum absolute atomic E-state index is 0.130. The van der Waals surface area contributed by atoms with Gasteiger partial charge in [0.1, 0.15) is 0 Å². The molecule has 2 heteroatoms. The molecule has 0 atom stereocenters. The molecule has 2 rings (SSSR count). The molecule has 0 amide bonds. The highest BCUT2D eigenvalue weighted by Gasteiger charge is 2.10. The number of benzene rings is 1. The molecule has 1 aromatic heterocycles. The molecule has 0 aliphatic rings. The maximum Gasteiger partial charge on any atom is 0.169 e. The molecule has 86 valence electrons. The van der Waals surface area contributed by atoms with E-state index >= 15 is 0 Å². The van der Waals surface area contributed by atoms with Crippen LogP contribution in [0.2, 0.25) is 0 Å². The van der Waals surface area contributed by atoms with Crippen LogP contribution < -0.4 is 0 Å². The number of aromatic nitrogens is 1. The Morgan fingerprint density at radius 1 is 1.12 bits per heavy atom. The summed E-state index contributed by atoms with van der Waals surface area (Å²) in [6, 6.07) is 11.6. The predicted octanol–water partition coefficient (Wildman–Crippen LogP) is 3.12. The first-order valence-electron chi connectivity index (χ1n) is 5.68. The van der Waals surface area contributed by atoms with Crippen molar-refractivity contribution < 1.29 is 4.79 Å². The number of rotatable bonds is 3. The molecule has 0 fully saturated rings. The predicted molar refractivity (Wildman–Crippen MR) is 68.2 cm³/mol. The van der Waals surface area contributed by atoms with Gasteiger partial charge in [-0.15, -0.1) is 0 Å². The second kappa shape index (κ2) is 4.91.